The van der Waals surface area contributed by atoms with E-state index in [1.54, 1.807) is 13.2 Å². The zero-order valence-corrected chi connectivity index (χ0v) is 9.47. The summed E-state index contributed by atoms with van der Waals surface area (Å²) in [5.74, 6) is -0.953. The fraction of sp³-hybridized carbons (Fsp3) is 0.250. The molecule has 0 amide bonds. The minimum absolute atomic E-state index is 0.589. The molecule has 90 valence electrons. The number of nitrogens with one attached hydrogen (secondary N) is 2. The molecule has 5 heteroatoms. The van der Waals surface area contributed by atoms with Gasteiger partial charge in [0.25, 0.3) is 0 Å². The fourth-order valence-electron chi connectivity index (χ4n) is 2.01. The van der Waals surface area contributed by atoms with Gasteiger partial charge in [0.1, 0.15) is 6.04 Å². The van der Waals surface area contributed by atoms with Gasteiger partial charge in [0, 0.05) is 17.1 Å². The number of benzene rings is 1. The summed E-state index contributed by atoms with van der Waals surface area (Å²) in [6, 6.07) is 6.29. The van der Waals surface area contributed by atoms with Gasteiger partial charge in [-0.2, -0.15) is 0 Å². The quantitative estimate of drug-likeness (QED) is 0.629. The van der Waals surface area contributed by atoms with Crippen molar-refractivity contribution in [3.05, 3.63) is 36.0 Å². The van der Waals surface area contributed by atoms with E-state index >= 15 is 0 Å². The van der Waals surface area contributed by atoms with Crippen LogP contribution in [-0.2, 0) is 4.79 Å². The Labute approximate surface area is 98.6 Å². The van der Waals surface area contributed by atoms with E-state index in [9.17, 15) is 4.79 Å². The number of rotatable bonds is 4. The third-order valence-electron chi connectivity index (χ3n) is 2.92. The van der Waals surface area contributed by atoms with Gasteiger partial charge in [0.05, 0.1) is 6.04 Å². The zero-order valence-electron chi connectivity index (χ0n) is 9.47. The smallest absolute Gasteiger partial charge is 0.322 e. The third kappa shape index (κ3) is 2.02. The Morgan fingerprint density at radius 3 is 2.82 bits per heavy atom. The van der Waals surface area contributed by atoms with E-state index in [-0.39, 0.29) is 0 Å². The molecule has 1 heterocycles. The van der Waals surface area contributed by atoms with Crippen LogP contribution >= 0.6 is 0 Å². The molecular formula is C12H15N3O2. The number of carbonyl (C=O) groups is 1. The van der Waals surface area contributed by atoms with Gasteiger partial charge in [0.2, 0.25) is 0 Å². The molecule has 5 nitrogen and oxygen atoms in total. The van der Waals surface area contributed by atoms with E-state index in [1.165, 1.54) is 0 Å². The van der Waals surface area contributed by atoms with Crippen molar-refractivity contribution in [3.63, 3.8) is 0 Å². The Morgan fingerprint density at radius 1 is 1.47 bits per heavy atom. The van der Waals surface area contributed by atoms with Crippen LogP contribution in [0.25, 0.3) is 10.9 Å². The average molecular weight is 233 g/mol. The summed E-state index contributed by atoms with van der Waals surface area (Å²) < 4.78 is 0. The largest absolute Gasteiger partial charge is 0.480 e. The fourth-order valence-corrected chi connectivity index (χ4v) is 2.01. The van der Waals surface area contributed by atoms with Crippen LogP contribution < -0.4 is 11.1 Å². The van der Waals surface area contributed by atoms with Crippen LogP contribution in [0.2, 0.25) is 0 Å². The van der Waals surface area contributed by atoms with Crippen LogP contribution in [-0.4, -0.2) is 29.1 Å². The second kappa shape index (κ2) is 4.57. The van der Waals surface area contributed by atoms with Crippen molar-refractivity contribution in [3.8, 4) is 0 Å². The zero-order chi connectivity index (χ0) is 12.4. The molecule has 0 aliphatic heterocycles. The Balaban J connectivity index is 2.42. The number of hydrogen-bond donors (Lipinski definition) is 4. The number of aromatic nitrogens is 1. The first-order valence-electron chi connectivity index (χ1n) is 5.37. The van der Waals surface area contributed by atoms with E-state index in [0.717, 1.165) is 16.5 Å². The molecule has 0 aliphatic rings. The lowest BCUT2D eigenvalue weighted by molar-refractivity contribution is -0.139. The summed E-state index contributed by atoms with van der Waals surface area (Å²) in [6.07, 6.45) is 1.77. The number of H-pyrrole nitrogens is 1. The monoisotopic (exact) mass is 233 g/mol. The highest BCUT2D eigenvalue weighted by atomic mass is 16.4. The summed E-state index contributed by atoms with van der Waals surface area (Å²) in [4.78, 5) is 14.1. The summed E-state index contributed by atoms with van der Waals surface area (Å²) >= 11 is 0. The number of para-hydroxylation sites is 1. The van der Waals surface area contributed by atoms with E-state index in [4.69, 9.17) is 10.8 Å². The molecule has 1 aromatic carbocycles. The van der Waals surface area contributed by atoms with Crippen molar-refractivity contribution >= 4 is 16.9 Å². The normalized spacial score (nSPS) is 14.7. The molecule has 2 aromatic rings. The van der Waals surface area contributed by atoms with Crippen LogP contribution in [0.5, 0.6) is 0 Å². The molecule has 0 saturated heterocycles. The predicted molar refractivity (Wildman–Crippen MR) is 65.7 cm³/mol. The Kier molecular flexibility index (Phi) is 3.12. The molecule has 2 atom stereocenters. The van der Waals surface area contributed by atoms with Crippen LogP contribution in [0.1, 0.15) is 11.6 Å². The first-order chi connectivity index (χ1) is 8.15. The van der Waals surface area contributed by atoms with Gasteiger partial charge in [0.15, 0.2) is 0 Å². The molecule has 17 heavy (non-hydrogen) atoms. The number of aliphatic carboxylic acids is 1. The Hall–Kier alpha value is -1.85. The number of fused-ring (bicyclic) bond motifs is 1. The number of carboxylic acids is 1. The molecule has 0 radical (unpaired) electrons. The number of carboxylic acid groups (broad SMARTS) is 1. The first-order valence-corrected chi connectivity index (χ1v) is 5.37. The SMILES string of the molecule is CNC(C(=O)O)C(N)c1c[nH]c2ccccc12. The van der Waals surface area contributed by atoms with Crippen LogP contribution in [0, 0.1) is 0 Å². The molecule has 0 aliphatic carbocycles. The first kappa shape index (κ1) is 11.6. The molecule has 0 fully saturated rings. The molecule has 0 bridgehead atoms. The minimum Gasteiger partial charge on any atom is -0.480 e. The Bertz CT molecular complexity index is 535. The van der Waals surface area contributed by atoms with Gasteiger partial charge in [-0.05, 0) is 18.7 Å². The van der Waals surface area contributed by atoms with Gasteiger partial charge in [-0.25, -0.2) is 0 Å². The van der Waals surface area contributed by atoms with Crippen LogP contribution in [0.3, 0.4) is 0 Å². The molecule has 0 spiro atoms. The highest BCUT2D eigenvalue weighted by Gasteiger charge is 2.26. The molecule has 0 saturated carbocycles. The summed E-state index contributed by atoms with van der Waals surface area (Å²) in [5.41, 5.74) is 7.76. The number of likely N-dealkylation sites (N-methyl/N-ethyl adjacent to an activating group) is 1. The second-order valence-electron chi connectivity index (χ2n) is 3.92. The van der Waals surface area contributed by atoms with Gasteiger partial charge >= 0.3 is 5.97 Å². The number of hydrogen-bond acceptors (Lipinski definition) is 3. The van der Waals surface area contributed by atoms with Crippen molar-refractivity contribution in [2.45, 2.75) is 12.1 Å². The topological polar surface area (TPSA) is 91.1 Å². The second-order valence-corrected chi connectivity index (χ2v) is 3.92. The van der Waals surface area contributed by atoms with Crippen molar-refractivity contribution in [1.82, 2.24) is 10.3 Å². The molecular weight excluding hydrogens is 218 g/mol. The predicted octanol–water partition coefficient (Wildman–Crippen LogP) is 0.840. The standard InChI is InChI=1S/C12H15N3O2/c1-14-11(12(16)17)10(13)8-6-15-9-5-3-2-4-7(8)9/h2-6,10-11,14-15H,13H2,1H3,(H,16,17). The molecule has 1 aromatic heterocycles. The summed E-state index contributed by atoms with van der Waals surface area (Å²) in [6.45, 7) is 0. The van der Waals surface area contributed by atoms with Crippen LogP contribution in [0.15, 0.2) is 30.5 Å². The van der Waals surface area contributed by atoms with Crippen molar-refractivity contribution in [2.75, 3.05) is 7.05 Å². The average Bonchev–Trinajstić information content (AvgIpc) is 2.72. The summed E-state index contributed by atoms with van der Waals surface area (Å²) in [7, 11) is 1.59. The van der Waals surface area contributed by atoms with Gasteiger partial charge in [-0.15, -0.1) is 0 Å². The van der Waals surface area contributed by atoms with Crippen molar-refractivity contribution < 1.29 is 9.90 Å². The maximum Gasteiger partial charge on any atom is 0.322 e. The number of aromatic amines is 1. The minimum atomic E-state index is -0.953. The van der Waals surface area contributed by atoms with E-state index in [1.807, 2.05) is 24.3 Å². The van der Waals surface area contributed by atoms with Crippen molar-refractivity contribution in [2.24, 2.45) is 5.73 Å². The molecule has 2 rings (SSSR count). The Morgan fingerprint density at radius 2 is 2.18 bits per heavy atom. The summed E-state index contributed by atoms with van der Waals surface area (Å²) in [5, 5.41) is 12.7. The molecule has 2 unspecified atom stereocenters. The van der Waals surface area contributed by atoms with Crippen molar-refractivity contribution in [1.29, 1.82) is 0 Å². The highest BCUT2D eigenvalue weighted by Crippen LogP contribution is 2.24. The lowest BCUT2D eigenvalue weighted by Gasteiger charge is -2.18. The van der Waals surface area contributed by atoms with Gasteiger partial charge in [-0.1, -0.05) is 18.2 Å². The van der Waals surface area contributed by atoms with Crippen LogP contribution in [0.4, 0.5) is 0 Å². The maximum atomic E-state index is 11.1. The van der Waals surface area contributed by atoms with E-state index in [2.05, 4.69) is 10.3 Å². The lowest BCUT2D eigenvalue weighted by atomic mass is 10.00. The lowest BCUT2D eigenvalue weighted by Crippen LogP contribution is -2.43. The van der Waals surface area contributed by atoms with Gasteiger partial charge in [-0.3, -0.25) is 4.79 Å². The van der Waals surface area contributed by atoms with E-state index < -0.39 is 18.1 Å². The molecule has 5 N–H and O–H groups in total. The number of nitrogens with two attached hydrogens (primary N) is 1. The van der Waals surface area contributed by atoms with Gasteiger partial charge < -0.3 is 21.1 Å². The highest BCUT2D eigenvalue weighted by molar-refractivity contribution is 5.85. The van der Waals surface area contributed by atoms with E-state index in [0.29, 0.717) is 0 Å². The maximum absolute atomic E-state index is 11.1. The third-order valence-corrected chi connectivity index (χ3v) is 2.92.